The number of amides is 1. The predicted molar refractivity (Wildman–Crippen MR) is 173 cm³/mol. The molecular weight excluding hydrogens is 557 g/mol. The standard InChI is InChI=1S/C31H39ClN5O3P/c1-22(34-26-12-8-9-13-29(26)41(6,7)39)25(32)21-33-23(2)35-27-20-24(14-15-28(27)40-5)36-30(38)16-17-31(3,4)37-18-10-11-19-37/h8-9,12-15,20-21,34H,1,10-11,18-19H2,2-7H3,(H,33,35)(H,36,38)/b25-21+. The van der Waals surface area contributed by atoms with Crippen LogP contribution in [-0.2, 0) is 9.36 Å². The molecule has 3 N–H and O–H groups in total. The fourth-order valence-electron chi connectivity index (χ4n) is 4.34. The van der Waals surface area contributed by atoms with Gasteiger partial charge in [-0.2, -0.15) is 0 Å². The summed E-state index contributed by atoms with van der Waals surface area (Å²) in [7, 11) is -0.938. The number of anilines is 3. The highest BCUT2D eigenvalue weighted by Gasteiger charge is 2.27. The van der Waals surface area contributed by atoms with Gasteiger partial charge >= 0.3 is 0 Å². The van der Waals surface area contributed by atoms with Crippen LogP contribution in [0.4, 0.5) is 17.1 Å². The quantitative estimate of drug-likeness (QED) is 0.104. The molecule has 2 aromatic rings. The lowest BCUT2D eigenvalue weighted by molar-refractivity contribution is -0.111. The Labute approximate surface area is 248 Å². The number of halogens is 1. The van der Waals surface area contributed by atoms with Gasteiger partial charge in [-0.3, -0.25) is 9.69 Å². The molecule has 8 nitrogen and oxygen atoms in total. The smallest absolute Gasteiger partial charge is 0.300 e. The molecule has 1 fully saturated rings. The Bertz CT molecular complexity index is 1460. The predicted octanol–water partition coefficient (Wildman–Crippen LogP) is 6.30. The molecule has 0 aromatic heterocycles. The number of para-hydroxylation sites is 1. The van der Waals surface area contributed by atoms with Crippen LogP contribution in [-0.4, -0.2) is 55.7 Å². The van der Waals surface area contributed by atoms with Crippen LogP contribution in [0.15, 0.2) is 71.0 Å². The maximum Gasteiger partial charge on any atom is 0.300 e. The van der Waals surface area contributed by atoms with E-state index in [9.17, 15) is 9.36 Å². The van der Waals surface area contributed by atoms with Crippen molar-refractivity contribution < 1.29 is 14.1 Å². The van der Waals surface area contributed by atoms with Gasteiger partial charge in [-0.15, -0.1) is 0 Å². The first-order chi connectivity index (χ1) is 19.3. The van der Waals surface area contributed by atoms with Gasteiger partial charge in [-0.1, -0.05) is 36.2 Å². The van der Waals surface area contributed by atoms with Crippen molar-refractivity contribution in [2.45, 2.75) is 39.2 Å². The van der Waals surface area contributed by atoms with Gasteiger partial charge in [0.15, 0.2) is 0 Å². The summed E-state index contributed by atoms with van der Waals surface area (Å²) < 4.78 is 18.1. The van der Waals surface area contributed by atoms with Gasteiger partial charge in [0.25, 0.3) is 5.91 Å². The number of nitrogens with zero attached hydrogens (tertiary/aromatic N) is 2. The van der Waals surface area contributed by atoms with Crippen LogP contribution in [0.3, 0.4) is 0 Å². The number of aliphatic imine (C=N–C) groups is 1. The molecule has 0 bridgehead atoms. The van der Waals surface area contributed by atoms with Crippen LogP contribution >= 0.6 is 18.7 Å². The SMILES string of the molecule is C=C(Nc1ccccc1P(C)(C)=O)/C(Cl)=C\N=C(C)Nc1cc(NC(=O)C#CC(C)(C)N2CCCC2)ccc1OC. The maximum absolute atomic E-state index is 12.6. The van der Waals surface area contributed by atoms with E-state index in [0.717, 1.165) is 25.9 Å². The summed E-state index contributed by atoms with van der Waals surface area (Å²) in [6, 6.07) is 12.6. The molecule has 1 heterocycles. The Hall–Kier alpha value is -3.50. The number of allylic oxidation sites excluding steroid dienone is 1. The number of hydrogen-bond donors (Lipinski definition) is 3. The monoisotopic (exact) mass is 595 g/mol. The molecule has 0 spiro atoms. The van der Waals surface area contributed by atoms with Gasteiger partial charge < -0.3 is 25.3 Å². The average Bonchev–Trinajstić information content (AvgIpc) is 3.47. The van der Waals surface area contributed by atoms with Crippen molar-refractivity contribution in [3.05, 3.63) is 66.0 Å². The van der Waals surface area contributed by atoms with Crippen molar-refractivity contribution in [2.24, 2.45) is 4.99 Å². The largest absolute Gasteiger partial charge is 0.495 e. The Balaban J connectivity index is 1.69. The highest BCUT2D eigenvalue weighted by Crippen LogP contribution is 2.38. The van der Waals surface area contributed by atoms with E-state index < -0.39 is 7.14 Å². The van der Waals surface area contributed by atoms with Crippen molar-refractivity contribution in [1.82, 2.24) is 4.90 Å². The maximum atomic E-state index is 12.6. The van der Waals surface area contributed by atoms with E-state index >= 15 is 0 Å². The molecule has 10 heteroatoms. The van der Waals surface area contributed by atoms with E-state index in [1.54, 1.807) is 45.6 Å². The summed E-state index contributed by atoms with van der Waals surface area (Å²) in [4.78, 5) is 19.3. The lowest BCUT2D eigenvalue weighted by atomic mass is 10.0. The topological polar surface area (TPSA) is 95.1 Å². The Morgan fingerprint density at radius 1 is 1.12 bits per heavy atom. The molecule has 0 aliphatic carbocycles. The van der Waals surface area contributed by atoms with Crippen molar-refractivity contribution >= 4 is 52.9 Å². The number of methoxy groups -OCH3 is 1. The number of carbonyl (C=O) groups is 1. The molecule has 0 unspecified atom stereocenters. The molecular formula is C31H39ClN5O3P. The van der Waals surface area contributed by atoms with Gasteiger partial charge in [-0.05, 0) is 96.3 Å². The summed E-state index contributed by atoms with van der Waals surface area (Å²) in [6.07, 6.45) is 3.78. The van der Waals surface area contributed by atoms with E-state index in [1.165, 1.54) is 6.20 Å². The average molecular weight is 596 g/mol. The molecule has 1 amide bonds. The second kappa shape index (κ2) is 13.9. The van der Waals surface area contributed by atoms with Crippen molar-refractivity contribution in [1.29, 1.82) is 0 Å². The second-order valence-corrected chi connectivity index (χ2v) is 14.3. The van der Waals surface area contributed by atoms with Gasteiger partial charge in [0.1, 0.15) is 18.7 Å². The van der Waals surface area contributed by atoms with Crippen molar-refractivity contribution in [3.63, 3.8) is 0 Å². The van der Waals surface area contributed by atoms with Crippen LogP contribution in [0.5, 0.6) is 5.75 Å². The minimum atomic E-state index is -2.50. The molecule has 41 heavy (non-hydrogen) atoms. The molecule has 0 saturated carbocycles. The number of likely N-dealkylation sites (tertiary alicyclic amines) is 1. The third-order valence-electron chi connectivity index (χ3n) is 6.58. The highest BCUT2D eigenvalue weighted by atomic mass is 35.5. The molecule has 2 aromatic carbocycles. The molecule has 3 rings (SSSR count). The number of hydrogen-bond acceptors (Lipinski definition) is 6. The lowest BCUT2D eigenvalue weighted by Gasteiger charge is -2.30. The third-order valence-corrected chi connectivity index (χ3v) is 8.46. The minimum absolute atomic E-state index is 0.284. The first kappa shape index (κ1) is 32.0. The summed E-state index contributed by atoms with van der Waals surface area (Å²) in [5.74, 6) is 6.56. The number of carbonyl (C=O) groups excluding carboxylic acids is 1. The molecule has 218 valence electrons. The summed E-state index contributed by atoms with van der Waals surface area (Å²) in [5, 5.41) is 10.2. The lowest BCUT2D eigenvalue weighted by Crippen LogP contribution is -2.40. The van der Waals surface area contributed by atoms with E-state index in [0.29, 0.717) is 39.6 Å². The van der Waals surface area contributed by atoms with E-state index in [1.807, 2.05) is 38.1 Å². The zero-order valence-electron chi connectivity index (χ0n) is 24.6. The number of rotatable bonds is 9. The third kappa shape index (κ3) is 9.26. The Kier molecular flexibility index (Phi) is 10.9. The molecule has 0 radical (unpaired) electrons. The van der Waals surface area contributed by atoms with E-state index in [2.05, 4.69) is 44.3 Å². The van der Waals surface area contributed by atoms with Crippen LogP contribution in [0.2, 0.25) is 0 Å². The minimum Gasteiger partial charge on any atom is -0.495 e. The first-order valence-electron chi connectivity index (χ1n) is 13.4. The van der Waals surface area contributed by atoms with Gasteiger partial charge in [-0.25, -0.2) is 4.99 Å². The zero-order valence-corrected chi connectivity index (χ0v) is 26.2. The number of nitrogens with one attached hydrogen (secondary N) is 3. The van der Waals surface area contributed by atoms with E-state index in [4.69, 9.17) is 16.3 Å². The van der Waals surface area contributed by atoms with Crippen molar-refractivity contribution in [2.75, 3.05) is 49.5 Å². The fourth-order valence-corrected chi connectivity index (χ4v) is 5.59. The molecule has 1 aliphatic heterocycles. The van der Waals surface area contributed by atoms with Crippen LogP contribution in [0.1, 0.15) is 33.6 Å². The summed E-state index contributed by atoms with van der Waals surface area (Å²) in [6.45, 7) is 15.3. The Morgan fingerprint density at radius 2 is 1.80 bits per heavy atom. The van der Waals surface area contributed by atoms with E-state index in [-0.39, 0.29) is 16.5 Å². The van der Waals surface area contributed by atoms with Gasteiger partial charge in [0.2, 0.25) is 0 Å². The zero-order chi connectivity index (χ0) is 30.2. The number of amidine groups is 1. The normalized spacial score (nSPS) is 14.6. The van der Waals surface area contributed by atoms with Gasteiger partial charge in [0, 0.05) is 22.9 Å². The van der Waals surface area contributed by atoms with Gasteiger partial charge in [0.05, 0.1) is 29.1 Å². The summed E-state index contributed by atoms with van der Waals surface area (Å²) >= 11 is 6.45. The second-order valence-electron chi connectivity index (χ2n) is 10.7. The number of benzene rings is 2. The highest BCUT2D eigenvalue weighted by molar-refractivity contribution is 7.70. The first-order valence-corrected chi connectivity index (χ1v) is 16.3. The fraction of sp³-hybridized carbons (Fsp3) is 0.355. The summed E-state index contributed by atoms with van der Waals surface area (Å²) in [5.41, 5.74) is 1.91. The van der Waals surface area contributed by atoms with Crippen LogP contribution < -0.4 is 26.0 Å². The molecule has 1 saturated heterocycles. The Morgan fingerprint density at radius 3 is 2.46 bits per heavy atom. The molecule has 1 aliphatic rings. The van der Waals surface area contributed by atoms with Crippen LogP contribution in [0.25, 0.3) is 0 Å². The number of ether oxygens (including phenoxy) is 1. The molecule has 0 atom stereocenters. The van der Waals surface area contributed by atoms with Crippen LogP contribution in [0, 0.1) is 11.8 Å². The van der Waals surface area contributed by atoms with Crippen molar-refractivity contribution in [3.8, 4) is 17.6 Å².